The summed E-state index contributed by atoms with van der Waals surface area (Å²) in [6, 6.07) is 14.1. The van der Waals surface area contributed by atoms with Crippen LogP contribution in [0, 0.1) is 0 Å². The Hall–Kier alpha value is -1.66. The van der Waals surface area contributed by atoms with E-state index in [0.717, 1.165) is 10.3 Å². The van der Waals surface area contributed by atoms with Crippen molar-refractivity contribution < 1.29 is 9.21 Å². The topological polar surface area (TPSA) is 54.3 Å². The standard InChI is InChI=1S/C15H10Cl2N2O2S/c16-10-2-1-3-12(8-10)22-19-18-15(20)14-7-9-6-11(17)4-5-13(9)21-14/h1-8,19H,(H,18,20). The van der Waals surface area contributed by atoms with Gasteiger partial charge >= 0.3 is 5.91 Å². The summed E-state index contributed by atoms with van der Waals surface area (Å²) in [4.78, 5) is 15.7. The first-order chi connectivity index (χ1) is 10.6. The van der Waals surface area contributed by atoms with Gasteiger partial charge in [-0.05, 0) is 54.4 Å². The zero-order valence-electron chi connectivity index (χ0n) is 11.1. The summed E-state index contributed by atoms with van der Waals surface area (Å²) in [5.74, 6) is -0.168. The number of hydrazine groups is 1. The Morgan fingerprint density at radius 1 is 1.05 bits per heavy atom. The normalized spacial score (nSPS) is 10.8. The molecule has 0 fully saturated rings. The molecule has 1 heterocycles. The number of fused-ring (bicyclic) bond motifs is 1. The minimum atomic E-state index is -0.373. The van der Waals surface area contributed by atoms with Crippen LogP contribution in [0.3, 0.4) is 0 Å². The molecule has 0 bridgehead atoms. The van der Waals surface area contributed by atoms with E-state index in [1.165, 1.54) is 11.9 Å². The second-order valence-electron chi connectivity index (χ2n) is 4.41. The number of hydrogen-bond acceptors (Lipinski definition) is 4. The van der Waals surface area contributed by atoms with Crippen molar-refractivity contribution in [1.82, 2.24) is 10.3 Å². The van der Waals surface area contributed by atoms with Crippen LogP contribution in [0.4, 0.5) is 0 Å². The Kier molecular flexibility index (Phi) is 4.59. The van der Waals surface area contributed by atoms with Crippen LogP contribution in [0.1, 0.15) is 10.6 Å². The third-order valence-corrected chi connectivity index (χ3v) is 4.00. The van der Waals surface area contributed by atoms with E-state index < -0.39 is 0 Å². The Morgan fingerprint density at radius 3 is 2.68 bits per heavy atom. The average molecular weight is 353 g/mol. The van der Waals surface area contributed by atoms with E-state index in [4.69, 9.17) is 27.6 Å². The molecule has 0 spiro atoms. The third-order valence-electron chi connectivity index (χ3n) is 2.83. The van der Waals surface area contributed by atoms with E-state index in [2.05, 4.69) is 10.3 Å². The first kappa shape index (κ1) is 15.2. The van der Waals surface area contributed by atoms with Crippen molar-refractivity contribution in [3.63, 3.8) is 0 Å². The molecule has 1 aromatic heterocycles. The Morgan fingerprint density at radius 2 is 1.86 bits per heavy atom. The Bertz CT molecular complexity index is 835. The van der Waals surface area contributed by atoms with Gasteiger partial charge in [0, 0.05) is 20.3 Å². The van der Waals surface area contributed by atoms with E-state index in [0.29, 0.717) is 15.6 Å². The van der Waals surface area contributed by atoms with Crippen LogP contribution >= 0.6 is 35.1 Å². The highest BCUT2D eigenvalue weighted by Crippen LogP contribution is 2.23. The fourth-order valence-electron chi connectivity index (χ4n) is 1.85. The van der Waals surface area contributed by atoms with Crippen LogP contribution < -0.4 is 10.3 Å². The molecule has 1 amide bonds. The molecular weight excluding hydrogens is 343 g/mol. The lowest BCUT2D eigenvalue weighted by Crippen LogP contribution is -2.32. The number of amides is 1. The summed E-state index contributed by atoms with van der Waals surface area (Å²) in [6.45, 7) is 0. The van der Waals surface area contributed by atoms with Gasteiger partial charge < -0.3 is 4.42 Å². The minimum absolute atomic E-state index is 0.205. The molecule has 0 aliphatic heterocycles. The highest BCUT2D eigenvalue weighted by molar-refractivity contribution is 7.97. The summed E-state index contributed by atoms with van der Waals surface area (Å²) in [5.41, 5.74) is 3.16. The third kappa shape index (κ3) is 3.56. The van der Waals surface area contributed by atoms with Gasteiger partial charge in [0.25, 0.3) is 0 Å². The van der Waals surface area contributed by atoms with Crippen LogP contribution in [0.5, 0.6) is 0 Å². The van der Waals surface area contributed by atoms with Crippen LogP contribution in [0.15, 0.2) is 57.8 Å². The molecular formula is C15H10Cl2N2O2S. The van der Waals surface area contributed by atoms with E-state index >= 15 is 0 Å². The Labute approximate surface area is 140 Å². The van der Waals surface area contributed by atoms with E-state index in [9.17, 15) is 4.79 Å². The van der Waals surface area contributed by atoms with Crippen LogP contribution in [-0.4, -0.2) is 5.91 Å². The van der Waals surface area contributed by atoms with Gasteiger partial charge in [0.05, 0.1) is 0 Å². The van der Waals surface area contributed by atoms with Crippen molar-refractivity contribution in [2.45, 2.75) is 4.90 Å². The number of carbonyl (C=O) groups excluding carboxylic acids is 1. The maximum Gasteiger partial charge on any atom is 0.301 e. The molecule has 0 aliphatic rings. The fourth-order valence-corrected chi connectivity index (χ4v) is 2.88. The smallest absolute Gasteiger partial charge is 0.301 e. The van der Waals surface area contributed by atoms with Crippen molar-refractivity contribution in [3.05, 3.63) is 64.3 Å². The van der Waals surface area contributed by atoms with Crippen LogP contribution in [0.2, 0.25) is 10.0 Å². The molecule has 0 saturated heterocycles. The number of halogens is 2. The van der Waals surface area contributed by atoms with Crippen molar-refractivity contribution in [1.29, 1.82) is 0 Å². The molecule has 2 N–H and O–H groups in total. The van der Waals surface area contributed by atoms with Gasteiger partial charge in [0.2, 0.25) is 0 Å². The van der Waals surface area contributed by atoms with Gasteiger partial charge in [-0.15, -0.1) is 0 Å². The van der Waals surface area contributed by atoms with Crippen LogP contribution in [-0.2, 0) is 0 Å². The van der Waals surface area contributed by atoms with Gasteiger partial charge in [-0.2, -0.15) is 4.83 Å². The molecule has 22 heavy (non-hydrogen) atoms. The minimum Gasteiger partial charge on any atom is -0.451 e. The number of furan rings is 1. The van der Waals surface area contributed by atoms with Crippen LogP contribution in [0.25, 0.3) is 11.0 Å². The summed E-state index contributed by atoms with van der Waals surface area (Å²) in [6.07, 6.45) is 0. The molecule has 4 nitrogen and oxygen atoms in total. The second-order valence-corrected chi connectivity index (χ2v) is 6.16. The van der Waals surface area contributed by atoms with Gasteiger partial charge in [0.1, 0.15) is 5.58 Å². The van der Waals surface area contributed by atoms with E-state index in [1.807, 2.05) is 12.1 Å². The molecule has 0 radical (unpaired) electrons. The summed E-state index contributed by atoms with van der Waals surface area (Å²) >= 11 is 13.0. The molecule has 0 unspecified atom stereocenters. The number of carbonyl (C=O) groups is 1. The van der Waals surface area contributed by atoms with E-state index in [1.54, 1.807) is 36.4 Å². The number of nitrogens with one attached hydrogen (secondary N) is 2. The largest absolute Gasteiger partial charge is 0.451 e. The molecule has 7 heteroatoms. The molecule has 3 aromatic rings. The van der Waals surface area contributed by atoms with Gasteiger partial charge in [-0.3, -0.25) is 10.2 Å². The lowest BCUT2D eigenvalue weighted by molar-refractivity contribution is 0.0921. The lowest BCUT2D eigenvalue weighted by atomic mass is 10.2. The maximum atomic E-state index is 12.0. The second kappa shape index (κ2) is 6.62. The molecule has 0 atom stereocenters. The SMILES string of the molecule is O=C(NNSc1cccc(Cl)c1)c1cc2cc(Cl)ccc2o1. The van der Waals surface area contributed by atoms with E-state index in [-0.39, 0.29) is 11.7 Å². The number of hydrogen-bond donors (Lipinski definition) is 2. The van der Waals surface area contributed by atoms with Crippen molar-refractivity contribution >= 4 is 52.0 Å². The molecule has 112 valence electrons. The predicted molar refractivity (Wildman–Crippen MR) is 89.1 cm³/mol. The van der Waals surface area contributed by atoms with Gasteiger partial charge in [-0.25, -0.2) is 0 Å². The summed E-state index contributed by atoms with van der Waals surface area (Å²) < 4.78 is 5.47. The summed E-state index contributed by atoms with van der Waals surface area (Å²) in [5, 5.41) is 2.00. The fraction of sp³-hybridized carbons (Fsp3) is 0. The molecule has 2 aromatic carbocycles. The first-order valence-electron chi connectivity index (χ1n) is 6.29. The number of rotatable bonds is 4. The van der Waals surface area contributed by atoms with Gasteiger partial charge in [-0.1, -0.05) is 29.3 Å². The highest BCUT2D eigenvalue weighted by Gasteiger charge is 2.12. The zero-order valence-corrected chi connectivity index (χ0v) is 13.4. The lowest BCUT2D eigenvalue weighted by Gasteiger charge is -2.04. The molecule has 0 aliphatic carbocycles. The van der Waals surface area contributed by atoms with Crippen molar-refractivity contribution in [2.75, 3.05) is 0 Å². The highest BCUT2D eigenvalue weighted by atomic mass is 35.5. The summed E-state index contributed by atoms with van der Waals surface area (Å²) in [7, 11) is 0. The van der Waals surface area contributed by atoms with Crippen molar-refractivity contribution in [2.24, 2.45) is 0 Å². The monoisotopic (exact) mass is 352 g/mol. The molecule has 3 rings (SSSR count). The first-order valence-corrected chi connectivity index (χ1v) is 7.86. The number of benzene rings is 2. The average Bonchev–Trinajstić information content (AvgIpc) is 2.90. The van der Waals surface area contributed by atoms with Gasteiger partial charge in [0.15, 0.2) is 5.76 Å². The predicted octanol–water partition coefficient (Wildman–Crippen LogP) is 4.68. The van der Waals surface area contributed by atoms with Crippen molar-refractivity contribution in [3.8, 4) is 0 Å². The Balaban J connectivity index is 1.63. The maximum absolute atomic E-state index is 12.0. The quantitative estimate of drug-likeness (QED) is 0.528. The molecule has 0 saturated carbocycles. The zero-order chi connectivity index (χ0) is 15.5.